The van der Waals surface area contributed by atoms with Crippen molar-refractivity contribution in [3.63, 3.8) is 0 Å². The number of anilines is 1. The smallest absolute Gasteiger partial charge is 0.119 e. The van der Waals surface area contributed by atoms with Crippen LogP contribution in [0.4, 0.5) is 5.69 Å². The van der Waals surface area contributed by atoms with E-state index in [1.807, 2.05) is 31.2 Å². The molecule has 84 valence electrons. The molecule has 1 atom stereocenters. The van der Waals surface area contributed by atoms with Crippen LogP contribution in [-0.2, 0) is 0 Å². The highest BCUT2D eigenvalue weighted by atomic mass is 15.0. The molecule has 1 aliphatic rings. The predicted molar refractivity (Wildman–Crippen MR) is 68.5 cm³/mol. The van der Waals surface area contributed by atoms with Crippen molar-refractivity contribution in [2.75, 3.05) is 5.32 Å². The van der Waals surface area contributed by atoms with Gasteiger partial charge in [-0.05, 0) is 38.5 Å². The van der Waals surface area contributed by atoms with Gasteiger partial charge in [-0.15, -0.1) is 0 Å². The standard InChI is InChI=1S/C13H17N3/c1-10-13(2,9-8-12(14)15-10)16-11-6-4-3-5-7-11/h3-8,16H,9,14H2,1-2H3. The van der Waals surface area contributed by atoms with Crippen LogP contribution in [0.5, 0.6) is 0 Å². The van der Waals surface area contributed by atoms with E-state index < -0.39 is 0 Å². The lowest BCUT2D eigenvalue weighted by Crippen LogP contribution is -2.43. The lowest BCUT2D eigenvalue weighted by molar-refractivity contribution is 0.668. The van der Waals surface area contributed by atoms with E-state index in [0.717, 1.165) is 17.8 Å². The number of aliphatic imine (C=N–C) groups is 1. The lowest BCUT2D eigenvalue weighted by Gasteiger charge is -2.33. The monoisotopic (exact) mass is 215 g/mol. The zero-order chi connectivity index (χ0) is 11.6. The van der Waals surface area contributed by atoms with Gasteiger partial charge in [0.05, 0.1) is 5.54 Å². The second-order valence-corrected chi connectivity index (χ2v) is 4.35. The molecule has 0 saturated heterocycles. The number of para-hydroxylation sites is 1. The molecule has 0 amide bonds. The molecule has 1 aromatic rings. The Bertz CT molecular complexity index is 434. The average Bonchev–Trinajstić information content (AvgIpc) is 2.26. The number of nitrogens with two attached hydrogens (primary N) is 1. The second kappa shape index (κ2) is 4.00. The SMILES string of the molecule is CC1=NC(N)=CCC1(C)Nc1ccccc1. The van der Waals surface area contributed by atoms with Gasteiger partial charge in [0.1, 0.15) is 5.82 Å². The van der Waals surface area contributed by atoms with Crippen LogP contribution in [0.15, 0.2) is 47.2 Å². The van der Waals surface area contributed by atoms with Gasteiger partial charge in [0.15, 0.2) is 0 Å². The summed E-state index contributed by atoms with van der Waals surface area (Å²) in [7, 11) is 0. The van der Waals surface area contributed by atoms with Crippen LogP contribution in [0.25, 0.3) is 0 Å². The van der Waals surface area contributed by atoms with Crippen molar-refractivity contribution in [3.8, 4) is 0 Å². The Morgan fingerprint density at radius 1 is 1.31 bits per heavy atom. The molecule has 3 N–H and O–H groups in total. The first-order chi connectivity index (χ1) is 7.60. The van der Waals surface area contributed by atoms with Crippen LogP contribution < -0.4 is 11.1 Å². The van der Waals surface area contributed by atoms with Crippen molar-refractivity contribution in [2.24, 2.45) is 10.7 Å². The number of benzene rings is 1. The highest BCUT2D eigenvalue weighted by Gasteiger charge is 2.29. The molecule has 0 aliphatic carbocycles. The van der Waals surface area contributed by atoms with Gasteiger partial charge in [0.2, 0.25) is 0 Å². The van der Waals surface area contributed by atoms with Crippen molar-refractivity contribution in [3.05, 3.63) is 42.2 Å². The first-order valence-electron chi connectivity index (χ1n) is 5.45. The molecule has 1 heterocycles. The molecule has 0 radical (unpaired) electrons. The van der Waals surface area contributed by atoms with Gasteiger partial charge in [0.25, 0.3) is 0 Å². The van der Waals surface area contributed by atoms with Crippen LogP contribution in [0, 0.1) is 0 Å². The maximum absolute atomic E-state index is 5.69. The number of nitrogens with zero attached hydrogens (tertiary/aromatic N) is 1. The number of hydrogen-bond acceptors (Lipinski definition) is 3. The van der Waals surface area contributed by atoms with Crippen molar-refractivity contribution in [1.82, 2.24) is 0 Å². The summed E-state index contributed by atoms with van der Waals surface area (Å²) < 4.78 is 0. The molecular formula is C13H17N3. The largest absolute Gasteiger partial charge is 0.384 e. The van der Waals surface area contributed by atoms with Crippen molar-refractivity contribution in [1.29, 1.82) is 0 Å². The van der Waals surface area contributed by atoms with Crippen molar-refractivity contribution in [2.45, 2.75) is 25.8 Å². The minimum Gasteiger partial charge on any atom is -0.384 e. The third-order valence-corrected chi connectivity index (χ3v) is 3.01. The van der Waals surface area contributed by atoms with Gasteiger partial charge < -0.3 is 11.1 Å². The van der Waals surface area contributed by atoms with Crippen LogP contribution in [0.1, 0.15) is 20.3 Å². The molecule has 1 unspecified atom stereocenters. The molecule has 3 heteroatoms. The van der Waals surface area contributed by atoms with Gasteiger partial charge in [-0.1, -0.05) is 18.2 Å². The molecule has 3 nitrogen and oxygen atoms in total. The normalized spacial score (nSPS) is 24.6. The van der Waals surface area contributed by atoms with Crippen LogP contribution >= 0.6 is 0 Å². The summed E-state index contributed by atoms with van der Waals surface area (Å²) in [6, 6.07) is 10.2. The van der Waals surface area contributed by atoms with Gasteiger partial charge in [-0.25, -0.2) is 4.99 Å². The Hall–Kier alpha value is -1.77. The summed E-state index contributed by atoms with van der Waals surface area (Å²) in [4.78, 5) is 4.33. The average molecular weight is 215 g/mol. The van der Waals surface area contributed by atoms with Crippen molar-refractivity contribution < 1.29 is 0 Å². The lowest BCUT2D eigenvalue weighted by atomic mass is 9.90. The molecular weight excluding hydrogens is 198 g/mol. The summed E-state index contributed by atoms with van der Waals surface area (Å²) in [6.07, 6.45) is 2.83. The molecule has 0 bridgehead atoms. The Labute approximate surface area is 96.1 Å². The number of hydrogen-bond donors (Lipinski definition) is 2. The predicted octanol–water partition coefficient (Wildman–Crippen LogP) is 2.52. The minimum absolute atomic E-state index is 0.135. The van der Waals surface area contributed by atoms with E-state index in [4.69, 9.17) is 5.73 Å². The van der Waals surface area contributed by atoms with E-state index in [0.29, 0.717) is 5.82 Å². The molecule has 0 saturated carbocycles. The van der Waals surface area contributed by atoms with Crippen molar-refractivity contribution >= 4 is 11.4 Å². The zero-order valence-corrected chi connectivity index (χ0v) is 9.70. The van der Waals surface area contributed by atoms with Gasteiger partial charge in [-0.3, -0.25) is 0 Å². The quantitative estimate of drug-likeness (QED) is 0.796. The molecule has 0 spiro atoms. The number of nitrogens with one attached hydrogen (secondary N) is 1. The molecule has 1 aromatic carbocycles. The third-order valence-electron chi connectivity index (χ3n) is 3.01. The van der Waals surface area contributed by atoms with Gasteiger partial charge in [-0.2, -0.15) is 0 Å². The Morgan fingerprint density at radius 2 is 2.00 bits per heavy atom. The zero-order valence-electron chi connectivity index (χ0n) is 9.70. The van der Waals surface area contributed by atoms with E-state index in [9.17, 15) is 0 Å². The fourth-order valence-electron chi connectivity index (χ4n) is 1.80. The van der Waals surface area contributed by atoms with E-state index >= 15 is 0 Å². The Kier molecular flexibility index (Phi) is 2.69. The van der Waals surface area contributed by atoms with Crippen LogP contribution in [-0.4, -0.2) is 11.3 Å². The fraction of sp³-hybridized carbons (Fsp3) is 0.308. The van der Waals surface area contributed by atoms with Crippen LogP contribution in [0.2, 0.25) is 0 Å². The Balaban J connectivity index is 2.20. The van der Waals surface area contributed by atoms with Gasteiger partial charge in [0, 0.05) is 11.4 Å². The molecule has 1 aliphatic heterocycles. The summed E-state index contributed by atoms with van der Waals surface area (Å²) in [5.41, 5.74) is 7.68. The summed E-state index contributed by atoms with van der Waals surface area (Å²) in [6.45, 7) is 4.15. The summed E-state index contributed by atoms with van der Waals surface area (Å²) in [5.74, 6) is 0.616. The highest BCUT2D eigenvalue weighted by Crippen LogP contribution is 2.24. The maximum Gasteiger partial charge on any atom is 0.119 e. The second-order valence-electron chi connectivity index (χ2n) is 4.35. The molecule has 2 rings (SSSR count). The fourth-order valence-corrected chi connectivity index (χ4v) is 1.80. The van der Waals surface area contributed by atoms with E-state index in [1.54, 1.807) is 0 Å². The Morgan fingerprint density at radius 3 is 2.62 bits per heavy atom. The topological polar surface area (TPSA) is 50.4 Å². The van der Waals surface area contributed by atoms with E-state index in [1.165, 1.54) is 0 Å². The van der Waals surface area contributed by atoms with Gasteiger partial charge >= 0.3 is 0 Å². The molecule has 16 heavy (non-hydrogen) atoms. The highest BCUT2D eigenvalue weighted by molar-refractivity contribution is 5.95. The number of rotatable bonds is 2. The van der Waals surface area contributed by atoms with E-state index in [-0.39, 0.29) is 5.54 Å². The van der Waals surface area contributed by atoms with Crippen LogP contribution in [0.3, 0.4) is 0 Å². The first-order valence-corrected chi connectivity index (χ1v) is 5.45. The maximum atomic E-state index is 5.69. The summed E-state index contributed by atoms with van der Waals surface area (Å²) >= 11 is 0. The molecule has 0 aromatic heterocycles. The third kappa shape index (κ3) is 2.08. The summed E-state index contributed by atoms with van der Waals surface area (Å²) in [5, 5.41) is 3.50. The van der Waals surface area contributed by atoms with E-state index in [2.05, 4.69) is 29.4 Å². The first kappa shape index (κ1) is 10.7. The molecule has 0 fully saturated rings. The minimum atomic E-state index is -0.135.